The summed E-state index contributed by atoms with van der Waals surface area (Å²) in [5.74, 6) is -0.186. The number of hydrogen-bond donors (Lipinski definition) is 0. The minimum Gasteiger partial charge on any atom is -0.436 e. The predicted octanol–water partition coefficient (Wildman–Crippen LogP) is 2.73. The van der Waals surface area contributed by atoms with Crippen LogP contribution in [0.1, 0.15) is 12.5 Å². The van der Waals surface area contributed by atoms with Gasteiger partial charge in [-0.1, -0.05) is 23.7 Å². The Kier molecular flexibility index (Phi) is 3.99. The van der Waals surface area contributed by atoms with Gasteiger partial charge in [-0.25, -0.2) is 0 Å². The lowest BCUT2D eigenvalue weighted by molar-refractivity contribution is -0.389. The summed E-state index contributed by atoms with van der Waals surface area (Å²) in [4.78, 5) is 16.2. The van der Waals surface area contributed by atoms with Crippen molar-refractivity contribution in [2.24, 2.45) is 0 Å². The second-order valence-corrected chi connectivity index (χ2v) is 6.56. The molecule has 0 fully saturated rings. The number of aromatic nitrogens is 2. The van der Waals surface area contributed by atoms with Crippen LogP contribution in [0.25, 0.3) is 0 Å². The summed E-state index contributed by atoms with van der Waals surface area (Å²) in [6.45, 7) is 3.91. The van der Waals surface area contributed by atoms with Crippen molar-refractivity contribution in [3.05, 3.63) is 51.2 Å². The molecule has 0 bridgehead atoms. The van der Waals surface area contributed by atoms with Crippen molar-refractivity contribution in [2.45, 2.75) is 25.6 Å². The Bertz CT molecular complexity index is 723. The zero-order chi connectivity index (χ0) is 16.6. The summed E-state index contributed by atoms with van der Waals surface area (Å²) < 4.78 is 7.52. The van der Waals surface area contributed by atoms with Gasteiger partial charge in [-0.2, -0.15) is 0 Å². The topological polar surface area (TPSA) is 73.4 Å². The Morgan fingerprint density at radius 1 is 1.57 bits per heavy atom. The van der Waals surface area contributed by atoms with Crippen LogP contribution in [0.15, 0.2) is 30.5 Å². The van der Waals surface area contributed by atoms with E-state index >= 15 is 0 Å². The third kappa shape index (κ3) is 3.46. The Hall–Kier alpha value is -2.12. The lowest BCUT2D eigenvalue weighted by Crippen LogP contribution is -2.43. The van der Waals surface area contributed by atoms with Crippen molar-refractivity contribution in [3.8, 4) is 6.01 Å². The number of likely N-dealkylation sites (N-methyl/N-ethyl adjacent to an activating group) is 1. The molecule has 1 aliphatic rings. The molecule has 7 nitrogen and oxygen atoms in total. The minimum atomic E-state index is -0.517. The van der Waals surface area contributed by atoms with E-state index in [1.165, 1.54) is 6.20 Å². The van der Waals surface area contributed by atoms with E-state index in [2.05, 4.69) is 9.88 Å². The molecule has 0 saturated carbocycles. The second-order valence-electron chi connectivity index (χ2n) is 6.12. The Balaban J connectivity index is 1.63. The van der Waals surface area contributed by atoms with Crippen molar-refractivity contribution in [3.63, 3.8) is 0 Å². The van der Waals surface area contributed by atoms with Crippen LogP contribution in [-0.2, 0) is 13.1 Å². The van der Waals surface area contributed by atoms with Gasteiger partial charge in [0.1, 0.15) is 11.8 Å². The van der Waals surface area contributed by atoms with Crippen LogP contribution in [-0.4, -0.2) is 38.6 Å². The molecular weight excluding hydrogens is 320 g/mol. The molecule has 0 N–H and O–H groups in total. The molecule has 1 unspecified atom stereocenters. The summed E-state index contributed by atoms with van der Waals surface area (Å²) in [5.41, 5.74) is 0.653. The van der Waals surface area contributed by atoms with Gasteiger partial charge in [-0.05, 0) is 36.6 Å². The summed E-state index contributed by atoms with van der Waals surface area (Å²) >= 11 is 6.00. The normalized spacial score (nSPS) is 19.7. The summed E-state index contributed by atoms with van der Waals surface area (Å²) in [6, 6.07) is 8.03. The fourth-order valence-electron chi connectivity index (χ4n) is 2.94. The molecule has 0 amide bonds. The van der Waals surface area contributed by atoms with Gasteiger partial charge in [0, 0.05) is 23.1 Å². The largest absolute Gasteiger partial charge is 0.436 e. The highest BCUT2D eigenvalue weighted by molar-refractivity contribution is 6.30. The molecule has 122 valence electrons. The van der Waals surface area contributed by atoms with Crippen LogP contribution in [0, 0.1) is 10.1 Å². The van der Waals surface area contributed by atoms with Crippen LogP contribution < -0.4 is 4.74 Å². The van der Waals surface area contributed by atoms with Gasteiger partial charge >= 0.3 is 11.8 Å². The lowest BCUT2D eigenvalue weighted by Gasteiger charge is -2.28. The van der Waals surface area contributed by atoms with Crippen molar-refractivity contribution >= 4 is 17.4 Å². The van der Waals surface area contributed by atoms with Crippen LogP contribution >= 0.6 is 11.6 Å². The average Bonchev–Trinajstić information content (AvgIpc) is 2.93. The van der Waals surface area contributed by atoms with Crippen LogP contribution in [0.4, 0.5) is 5.82 Å². The SMILES string of the molecule is CN(Cc1cccc(Cl)c1)CC1(C)Cn2cc([N+](=O)[O-])nc2O1. The molecule has 0 aliphatic carbocycles. The highest BCUT2D eigenvalue weighted by Gasteiger charge is 2.40. The van der Waals surface area contributed by atoms with E-state index in [0.717, 1.165) is 12.1 Å². The number of ether oxygens (including phenoxy) is 1. The smallest absolute Gasteiger partial charge is 0.415 e. The summed E-state index contributed by atoms with van der Waals surface area (Å²) in [6.07, 6.45) is 1.41. The Morgan fingerprint density at radius 2 is 2.35 bits per heavy atom. The maximum absolute atomic E-state index is 10.7. The van der Waals surface area contributed by atoms with E-state index in [1.807, 2.05) is 38.2 Å². The second kappa shape index (κ2) is 5.82. The van der Waals surface area contributed by atoms with E-state index in [-0.39, 0.29) is 5.82 Å². The lowest BCUT2D eigenvalue weighted by atomic mass is 10.1. The molecule has 3 rings (SSSR count). The molecule has 2 heterocycles. The first-order valence-corrected chi connectivity index (χ1v) is 7.56. The first-order chi connectivity index (χ1) is 10.8. The maximum atomic E-state index is 10.7. The third-order valence-electron chi connectivity index (χ3n) is 3.70. The Morgan fingerprint density at radius 3 is 3.00 bits per heavy atom. The van der Waals surface area contributed by atoms with Crippen LogP contribution in [0.3, 0.4) is 0 Å². The molecule has 0 radical (unpaired) electrons. The van der Waals surface area contributed by atoms with Crippen molar-refractivity contribution < 1.29 is 9.66 Å². The monoisotopic (exact) mass is 336 g/mol. The van der Waals surface area contributed by atoms with Gasteiger partial charge in [0.2, 0.25) is 0 Å². The Labute approximate surface area is 138 Å². The number of nitrogens with zero attached hydrogens (tertiary/aromatic N) is 4. The molecule has 1 aliphatic heterocycles. The van der Waals surface area contributed by atoms with E-state index in [4.69, 9.17) is 16.3 Å². The quantitative estimate of drug-likeness (QED) is 0.620. The maximum Gasteiger partial charge on any atom is 0.415 e. The van der Waals surface area contributed by atoms with Gasteiger partial charge in [0.25, 0.3) is 0 Å². The summed E-state index contributed by atoms with van der Waals surface area (Å²) in [5, 5.41) is 11.4. The molecule has 1 aromatic carbocycles. The summed E-state index contributed by atoms with van der Waals surface area (Å²) in [7, 11) is 2.00. The molecule has 1 atom stereocenters. The first kappa shape index (κ1) is 15.8. The molecule has 0 spiro atoms. The molecule has 23 heavy (non-hydrogen) atoms. The number of nitro groups is 1. The minimum absolute atomic E-state index is 0.186. The number of imidazole rings is 1. The van der Waals surface area contributed by atoms with Crippen LogP contribution in [0.2, 0.25) is 5.02 Å². The highest BCUT2D eigenvalue weighted by atomic mass is 35.5. The predicted molar refractivity (Wildman–Crippen MR) is 85.7 cm³/mol. The van der Waals surface area contributed by atoms with Gasteiger partial charge in [0.15, 0.2) is 0 Å². The molecule has 0 saturated heterocycles. The standard InChI is InChI=1S/C15H17ClN4O3/c1-15(9-18(2)7-11-4-3-5-12(16)6-11)10-19-8-13(20(21)22)17-14(19)23-15/h3-6,8H,7,9-10H2,1-2H3. The molecule has 8 heteroatoms. The van der Waals surface area contributed by atoms with Crippen molar-refractivity contribution in [1.29, 1.82) is 0 Å². The average molecular weight is 337 g/mol. The van der Waals surface area contributed by atoms with Crippen LogP contribution in [0.5, 0.6) is 6.01 Å². The molecule has 2 aromatic rings. The number of rotatable bonds is 5. The first-order valence-electron chi connectivity index (χ1n) is 7.18. The highest BCUT2D eigenvalue weighted by Crippen LogP contribution is 2.31. The van der Waals surface area contributed by atoms with E-state index in [1.54, 1.807) is 4.57 Å². The van der Waals surface area contributed by atoms with E-state index in [9.17, 15) is 10.1 Å². The van der Waals surface area contributed by atoms with Gasteiger partial charge in [-0.15, -0.1) is 0 Å². The van der Waals surface area contributed by atoms with Crippen molar-refractivity contribution in [1.82, 2.24) is 14.5 Å². The molecule has 1 aromatic heterocycles. The zero-order valence-electron chi connectivity index (χ0n) is 12.9. The van der Waals surface area contributed by atoms with Crippen molar-refractivity contribution in [2.75, 3.05) is 13.6 Å². The fourth-order valence-corrected chi connectivity index (χ4v) is 3.15. The number of hydrogen-bond acceptors (Lipinski definition) is 5. The number of halogens is 1. The van der Waals surface area contributed by atoms with E-state index in [0.29, 0.717) is 24.1 Å². The number of fused-ring (bicyclic) bond motifs is 1. The zero-order valence-corrected chi connectivity index (χ0v) is 13.7. The van der Waals surface area contributed by atoms with Gasteiger partial charge < -0.3 is 14.9 Å². The van der Waals surface area contributed by atoms with Gasteiger partial charge in [-0.3, -0.25) is 9.47 Å². The number of benzene rings is 1. The third-order valence-corrected chi connectivity index (χ3v) is 3.94. The fraction of sp³-hybridized carbons (Fsp3) is 0.400. The van der Waals surface area contributed by atoms with Gasteiger partial charge in [0.05, 0.1) is 6.54 Å². The van der Waals surface area contributed by atoms with E-state index < -0.39 is 10.5 Å². The molecular formula is C15H17ClN4O3.